The van der Waals surface area contributed by atoms with Crippen LogP contribution in [0.15, 0.2) is 0 Å². The highest BCUT2D eigenvalue weighted by Gasteiger charge is 2.85. The van der Waals surface area contributed by atoms with Crippen molar-refractivity contribution in [1.29, 1.82) is 0 Å². The molecule has 0 saturated heterocycles. The van der Waals surface area contributed by atoms with E-state index in [4.69, 9.17) is 0 Å². The molecule has 8 rings (SSSR count). The molecule has 2 nitrogen and oxygen atoms in total. The molecule has 0 aromatic heterocycles. The molecule has 0 heterocycles. The lowest BCUT2D eigenvalue weighted by molar-refractivity contribution is -0.143. The van der Waals surface area contributed by atoms with Crippen molar-refractivity contribution in [3.8, 4) is 0 Å². The van der Waals surface area contributed by atoms with E-state index < -0.39 is 0 Å². The minimum Gasteiger partial charge on any atom is -0.291 e. The van der Waals surface area contributed by atoms with E-state index in [1.807, 2.05) is 0 Å². The Balaban J connectivity index is 1.61. The van der Waals surface area contributed by atoms with Crippen LogP contribution in [0.4, 0.5) is 0 Å². The fourth-order valence-electron chi connectivity index (χ4n) is 8.49. The molecule has 92 valence electrons. The third-order valence-electron chi connectivity index (χ3n) is 8.49. The van der Waals surface area contributed by atoms with Crippen LogP contribution in [0, 0.1) is 71.0 Å². The quantitative estimate of drug-likeness (QED) is 0.600. The first-order chi connectivity index (χ1) is 8.79. The van der Waals surface area contributed by atoms with E-state index in [1.165, 1.54) is 12.8 Å². The van der Waals surface area contributed by atoms with Crippen LogP contribution < -0.4 is 0 Å². The van der Waals surface area contributed by atoms with Gasteiger partial charge in [0, 0.05) is 11.8 Å². The summed E-state index contributed by atoms with van der Waals surface area (Å²) in [6.07, 6.45) is 2.72. The third kappa shape index (κ3) is 0.556. The van der Waals surface area contributed by atoms with E-state index in [9.17, 15) is 9.59 Å². The Morgan fingerprint density at radius 2 is 0.889 bits per heavy atom. The molecule has 0 aliphatic heterocycles. The lowest BCUT2D eigenvalue weighted by atomic mass is 9.77. The summed E-state index contributed by atoms with van der Waals surface area (Å²) in [4.78, 5) is 25.2. The predicted molar refractivity (Wildman–Crippen MR) is 61.1 cm³/mol. The third-order valence-corrected chi connectivity index (χ3v) is 8.49. The normalized spacial score (nSPS) is 78.9. The van der Waals surface area contributed by atoms with Gasteiger partial charge < -0.3 is 0 Å². The molecule has 8 aliphatic rings. The highest BCUT2D eigenvalue weighted by molar-refractivity contribution is 6.39. The van der Waals surface area contributed by atoms with Crippen molar-refractivity contribution in [3.63, 3.8) is 0 Å². The number of Topliss-reactive ketones (excluding diaryl/α,β-unsaturated/α-hetero) is 2. The fraction of sp³-hybridized carbons (Fsp3) is 0.875. The Morgan fingerprint density at radius 3 is 1.22 bits per heavy atom. The molecule has 8 unspecified atom stereocenters. The highest BCUT2D eigenvalue weighted by atomic mass is 16.2. The van der Waals surface area contributed by atoms with Gasteiger partial charge in [-0.15, -0.1) is 0 Å². The summed E-state index contributed by atoms with van der Waals surface area (Å²) in [5.41, 5.74) is 0. The van der Waals surface area contributed by atoms with E-state index in [1.54, 1.807) is 0 Å². The van der Waals surface area contributed by atoms with Gasteiger partial charge in [0.25, 0.3) is 0 Å². The Kier molecular flexibility index (Phi) is 0.967. The lowest BCUT2D eigenvalue weighted by Crippen LogP contribution is -2.37. The zero-order chi connectivity index (χ0) is 11.5. The molecule has 0 radical (unpaired) electrons. The average Bonchev–Trinajstić information content (AvgIpc) is 3.19. The molecule has 8 bridgehead atoms. The first-order valence-corrected chi connectivity index (χ1v) is 7.87. The Bertz CT molecular complexity index is 483. The number of carbonyl (C=O) groups excluding carboxylic acids is 2. The van der Waals surface area contributed by atoms with Gasteiger partial charge in [0.2, 0.25) is 11.6 Å². The molecular formula is C16H16O2. The van der Waals surface area contributed by atoms with Gasteiger partial charge in [-0.25, -0.2) is 0 Å². The van der Waals surface area contributed by atoms with Crippen molar-refractivity contribution in [1.82, 2.24) is 0 Å². The van der Waals surface area contributed by atoms with Crippen molar-refractivity contribution in [3.05, 3.63) is 0 Å². The molecule has 0 aromatic carbocycles. The van der Waals surface area contributed by atoms with Crippen LogP contribution in [0.2, 0.25) is 0 Å². The molecule has 2 heteroatoms. The molecule has 0 amide bonds. The average molecular weight is 240 g/mol. The number of rotatable bonds is 0. The summed E-state index contributed by atoms with van der Waals surface area (Å²) < 4.78 is 0. The first-order valence-electron chi connectivity index (χ1n) is 7.87. The summed E-state index contributed by atoms with van der Waals surface area (Å²) in [6, 6.07) is 0. The first kappa shape index (κ1) is 8.50. The molecule has 8 fully saturated rings. The lowest BCUT2D eigenvalue weighted by Gasteiger charge is -2.24. The van der Waals surface area contributed by atoms with Crippen LogP contribution in [0.25, 0.3) is 0 Å². The molecule has 0 aromatic rings. The molecule has 18 heavy (non-hydrogen) atoms. The van der Waals surface area contributed by atoms with Crippen molar-refractivity contribution in [2.24, 2.45) is 71.0 Å². The molecule has 8 saturated carbocycles. The largest absolute Gasteiger partial charge is 0.291 e. The second-order valence-corrected chi connectivity index (χ2v) is 8.37. The molecule has 8 atom stereocenters. The van der Waals surface area contributed by atoms with E-state index >= 15 is 0 Å². The number of fused-ring (bicyclic) bond motifs is 3. The van der Waals surface area contributed by atoms with Gasteiger partial charge in [0.15, 0.2) is 0 Å². The van der Waals surface area contributed by atoms with Gasteiger partial charge in [0.05, 0.1) is 0 Å². The van der Waals surface area contributed by atoms with Gasteiger partial charge in [-0.05, 0) is 72.0 Å². The summed E-state index contributed by atoms with van der Waals surface area (Å²) in [7, 11) is 0. The summed E-state index contributed by atoms with van der Waals surface area (Å²) in [5.74, 6) is 8.41. The van der Waals surface area contributed by atoms with Crippen molar-refractivity contribution < 1.29 is 9.59 Å². The van der Waals surface area contributed by atoms with Gasteiger partial charge in [0.1, 0.15) is 0 Å². The van der Waals surface area contributed by atoms with Crippen LogP contribution in [0.1, 0.15) is 12.8 Å². The van der Waals surface area contributed by atoms with Crippen LogP contribution in [-0.2, 0) is 9.59 Å². The summed E-state index contributed by atoms with van der Waals surface area (Å²) >= 11 is 0. The second kappa shape index (κ2) is 2.05. The van der Waals surface area contributed by atoms with Crippen LogP contribution in [0.3, 0.4) is 0 Å². The van der Waals surface area contributed by atoms with Crippen LogP contribution >= 0.6 is 0 Å². The van der Waals surface area contributed by atoms with Crippen molar-refractivity contribution in [2.75, 3.05) is 0 Å². The maximum absolute atomic E-state index is 12.6. The minimum absolute atomic E-state index is 0.100. The maximum Gasteiger partial charge on any atom is 0.202 e. The Morgan fingerprint density at radius 1 is 0.556 bits per heavy atom. The summed E-state index contributed by atoms with van der Waals surface area (Å²) in [6.45, 7) is 0. The van der Waals surface area contributed by atoms with E-state index in [0.29, 0.717) is 23.7 Å². The standard InChI is InChI=1S/C16H16O2/c17-15-13-7-3-1-4(3)8-11(7)12-9(13)5-2-6(5)10(12)14(8)16(15)18/h3-14H,1-2H2. The van der Waals surface area contributed by atoms with Crippen molar-refractivity contribution in [2.45, 2.75) is 12.8 Å². The number of hydrogen-bond donors (Lipinski definition) is 0. The number of carbonyl (C=O) groups is 2. The van der Waals surface area contributed by atoms with E-state index in [0.717, 1.165) is 35.5 Å². The van der Waals surface area contributed by atoms with Crippen molar-refractivity contribution >= 4 is 11.6 Å². The van der Waals surface area contributed by atoms with Gasteiger partial charge in [-0.2, -0.15) is 0 Å². The molecule has 0 N–H and O–H groups in total. The zero-order valence-corrected chi connectivity index (χ0v) is 10.2. The molecular weight excluding hydrogens is 224 g/mol. The SMILES string of the molecule is O=C1C(=O)C2C3C4CC4C4C1C1C5CC5C2C1C43. The maximum atomic E-state index is 12.6. The van der Waals surface area contributed by atoms with E-state index in [2.05, 4.69) is 0 Å². The second-order valence-electron chi connectivity index (χ2n) is 8.37. The topological polar surface area (TPSA) is 34.1 Å². The molecule has 0 spiro atoms. The Labute approximate surface area is 105 Å². The smallest absolute Gasteiger partial charge is 0.202 e. The monoisotopic (exact) mass is 240 g/mol. The van der Waals surface area contributed by atoms with Crippen LogP contribution in [0.5, 0.6) is 0 Å². The fourth-order valence-corrected chi connectivity index (χ4v) is 8.49. The predicted octanol–water partition coefficient (Wildman–Crippen LogP) is 1.39. The van der Waals surface area contributed by atoms with Gasteiger partial charge in [-0.3, -0.25) is 9.59 Å². The van der Waals surface area contributed by atoms with E-state index in [-0.39, 0.29) is 23.4 Å². The minimum atomic E-state index is 0.100. The Hall–Kier alpha value is -0.660. The summed E-state index contributed by atoms with van der Waals surface area (Å²) in [5, 5.41) is 0. The zero-order valence-electron chi connectivity index (χ0n) is 10.2. The number of ketones is 2. The van der Waals surface area contributed by atoms with Crippen LogP contribution in [-0.4, -0.2) is 11.6 Å². The van der Waals surface area contributed by atoms with Gasteiger partial charge >= 0.3 is 0 Å². The highest BCUT2D eigenvalue weighted by Crippen LogP contribution is 2.86. The number of hydrogen-bond acceptors (Lipinski definition) is 2. The van der Waals surface area contributed by atoms with Gasteiger partial charge in [-0.1, -0.05) is 0 Å². The molecule has 8 aliphatic carbocycles.